The highest BCUT2D eigenvalue weighted by atomic mass is 14.7. The van der Waals surface area contributed by atoms with E-state index >= 15 is 0 Å². The van der Waals surface area contributed by atoms with Gasteiger partial charge in [-0.1, -0.05) is 54.6 Å². The quantitative estimate of drug-likeness (QED) is 0.339. The molecule has 4 bridgehead atoms. The smallest absolute Gasteiger partial charge is 0.0513 e. The minimum absolute atomic E-state index is 0.236. The summed E-state index contributed by atoms with van der Waals surface area (Å²) in [6, 6.07) is 23.1. The zero-order valence-electron chi connectivity index (χ0n) is 16.6. The van der Waals surface area contributed by atoms with Gasteiger partial charge in [0.1, 0.15) is 0 Å². The van der Waals surface area contributed by atoms with Gasteiger partial charge >= 0.3 is 0 Å². The van der Waals surface area contributed by atoms with Gasteiger partial charge in [0.25, 0.3) is 0 Å². The lowest BCUT2D eigenvalue weighted by molar-refractivity contribution is -0.0394. The van der Waals surface area contributed by atoms with Crippen molar-refractivity contribution in [3.05, 3.63) is 71.8 Å². The number of benzene rings is 3. The number of H-pyrrole nitrogens is 1. The van der Waals surface area contributed by atoms with Gasteiger partial charge in [0, 0.05) is 21.7 Å². The number of nitrogens with one attached hydrogen (secondary N) is 1. The molecule has 142 valence electrons. The molecular formula is C28H25N. The van der Waals surface area contributed by atoms with Crippen molar-refractivity contribution in [1.82, 2.24) is 4.98 Å². The molecule has 4 aromatic rings. The topological polar surface area (TPSA) is 15.8 Å². The van der Waals surface area contributed by atoms with Crippen LogP contribution in [0.25, 0.3) is 32.9 Å². The molecule has 1 nitrogen and oxygen atoms in total. The molecule has 4 saturated carbocycles. The van der Waals surface area contributed by atoms with Crippen molar-refractivity contribution in [1.29, 1.82) is 0 Å². The van der Waals surface area contributed by atoms with Crippen LogP contribution in [-0.2, 0) is 5.41 Å². The molecule has 1 heteroatoms. The molecule has 4 fully saturated rings. The molecule has 1 N–H and O–H groups in total. The van der Waals surface area contributed by atoms with Gasteiger partial charge in [-0.25, -0.2) is 0 Å². The molecule has 1 spiro atoms. The summed E-state index contributed by atoms with van der Waals surface area (Å²) in [5, 5.41) is 2.79. The monoisotopic (exact) mass is 375 g/mol. The van der Waals surface area contributed by atoms with Gasteiger partial charge in [-0.05, 0) is 84.1 Å². The Hall–Kier alpha value is -2.54. The number of hydrogen-bond donors (Lipinski definition) is 1. The molecule has 0 amide bonds. The maximum Gasteiger partial charge on any atom is 0.0513 e. The largest absolute Gasteiger partial charge is 0.354 e. The van der Waals surface area contributed by atoms with Crippen LogP contribution >= 0.6 is 0 Å². The Kier molecular flexibility index (Phi) is 2.62. The van der Waals surface area contributed by atoms with E-state index in [2.05, 4.69) is 65.6 Å². The SMILES string of the molecule is c1ccc2c(c1)-c1ccc3c([nH]c4ccccc43)c1C21C2CC3CC(C2)CC1C3. The fourth-order valence-corrected chi connectivity index (χ4v) is 8.56. The number of hydrogen-bond acceptors (Lipinski definition) is 0. The van der Waals surface area contributed by atoms with E-state index in [4.69, 9.17) is 0 Å². The molecule has 1 aromatic heterocycles. The van der Waals surface area contributed by atoms with Crippen molar-refractivity contribution < 1.29 is 0 Å². The van der Waals surface area contributed by atoms with Crippen LogP contribution in [-0.4, -0.2) is 4.98 Å². The Morgan fingerprint density at radius 1 is 0.655 bits per heavy atom. The zero-order chi connectivity index (χ0) is 18.7. The normalized spacial score (nSPS) is 33.7. The van der Waals surface area contributed by atoms with E-state index < -0.39 is 0 Å². The van der Waals surface area contributed by atoms with E-state index in [1.807, 2.05) is 0 Å². The van der Waals surface area contributed by atoms with Crippen molar-refractivity contribution in [2.75, 3.05) is 0 Å². The fraction of sp³-hybridized carbons (Fsp3) is 0.357. The van der Waals surface area contributed by atoms with Gasteiger partial charge < -0.3 is 4.98 Å². The number of fused-ring (bicyclic) bond motifs is 7. The predicted octanol–water partition coefficient (Wildman–Crippen LogP) is 7.04. The second-order valence-corrected chi connectivity index (χ2v) is 10.3. The fourth-order valence-electron chi connectivity index (χ4n) is 8.56. The first kappa shape index (κ1) is 15.3. The number of para-hydroxylation sites is 1. The Morgan fingerprint density at radius 2 is 1.38 bits per heavy atom. The van der Waals surface area contributed by atoms with Crippen LogP contribution in [0, 0.1) is 23.7 Å². The van der Waals surface area contributed by atoms with Crippen molar-refractivity contribution in [3.8, 4) is 11.1 Å². The van der Waals surface area contributed by atoms with Crippen molar-refractivity contribution in [3.63, 3.8) is 0 Å². The summed E-state index contributed by atoms with van der Waals surface area (Å²) in [4.78, 5) is 3.90. The van der Waals surface area contributed by atoms with E-state index in [1.54, 1.807) is 11.1 Å². The highest BCUT2D eigenvalue weighted by Crippen LogP contribution is 2.70. The molecule has 0 aliphatic heterocycles. The minimum Gasteiger partial charge on any atom is -0.354 e. The predicted molar refractivity (Wildman–Crippen MR) is 119 cm³/mol. The van der Waals surface area contributed by atoms with Crippen LogP contribution in [0.1, 0.15) is 43.2 Å². The summed E-state index contributed by atoms with van der Waals surface area (Å²) in [7, 11) is 0. The lowest BCUT2D eigenvalue weighted by Crippen LogP contribution is -2.55. The minimum atomic E-state index is 0.236. The molecule has 29 heavy (non-hydrogen) atoms. The van der Waals surface area contributed by atoms with Crippen LogP contribution in [0.3, 0.4) is 0 Å². The molecule has 5 aliphatic carbocycles. The van der Waals surface area contributed by atoms with Crippen LogP contribution in [0.15, 0.2) is 60.7 Å². The van der Waals surface area contributed by atoms with Gasteiger partial charge in [-0.2, -0.15) is 0 Å². The Morgan fingerprint density at radius 3 is 2.21 bits per heavy atom. The van der Waals surface area contributed by atoms with Crippen molar-refractivity contribution in [2.24, 2.45) is 23.7 Å². The average molecular weight is 376 g/mol. The van der Waals surface area contributed by atoms with Gasteiger partial charge in [-0.3, -0.25) is 0 Å². The van der Waals surface area contributed by atoms with Gasteiger partial charge in [-0.15, -0.1) is 0 Å². The summed E-state index contributed by atoms with van der Waals surface area (Å²) in [5.41, 5.74) is 9.26. The number of rotatable bonds is 0. The third-order valence-electron chi connectivity index (χ3n) is 9.18. The lowest BCUT2D eigenvalue weighted by atomic mass is 9.43. The Balaban J connectivity index is 1.54. The third-order valence-corrected chi connectivity index (χ3v) is 9.18. The molecule has 1 heterocycles. The maximum atomic E-state index is 3.90. The first-order valence-electron chi connectivity index (χ1n) is 11.5. The van der Waals surface area contributed by atoms with E-state index in [9.17, 15) is 0 Å². The van der Waals surface area contributed by atoms with Gasteiger partial charge in [0.05, 0.1) is 5.52 Å². The molecule has 3 aromatic carbocycles. The highest BCUT2D eigenvalue weighted by Gasteiger charge is 2.62. The molecule has 0 atom stereocenters. The highest BCUT2D eigenvalue weighted by molar-refractivity contribution is 6.11. The molecule has 0 saturated heterocycles. The summed E-state index contributed by atoms with van der Waals surface area (Å²) >= 11 is 0. The molecule has 5 aliphatic rings. The van der Waals surface area contributed by atoms with E-state index in [1.165, 1.54) is 65.0 Å². The Labute approximate surface area is 171 Å². The molecule has 0 unspecified atom stereocenters. The molecule has 9 rings (SSSR count). The second kappa shape index (κ2) is 4.95. The summed E-state index contributed by atoms with van der Waals surface area (Å²) in [6.45, 7) is 0. The maximum absolute atomic E-state index is 3.90. The van der Waals surface area contributed by atoms with Crippen molar-refractivity contribution >= 4 is 21.8 Å². The molecular weight excluding hydrogens is 350 g/mol. The van der Waals surface area contributed by atoms with Crippen molar-refractivity contribution in [2.45, 2.75) is 37.5 Å². The Bertz CT molecular complexity index is 1290. The number of aromatic amines is 1. The van der Waals surface area contributed by atoms with Crippen LogP contribution in [0.5, 0.6) is 0 Å². The van der Waals surface area contributed by atoms with Crippen LogP contribution in [0.4, 0.5) is 0 Å². The number of aromatic nitrogens is 1. The first-order chi connectivity index (χ1) is 14.3. The standard InChI is InChI=1S/C28H25N/c1-3-7-24-20(5-1)22-9-10-23-21-6-2-4-8-25(21)29-27(23)26(22)28(24)18-12-16-11-17(14-18)15-19(28)13-16/h1-10,16-19,29H,11-15H2. The molecule has 0 radical (unpaired) electrons. The first-order valence-corrected chi connectivity index (χ1v) is 11.5. The van der Waals surface area contributed by atoms with Crippen LogP contribution < -0.4 is 0 Å². The average Bonchev–Trinajstić information content (AvgIpc) is 3.26. The zero-order valence-corrected chi connectivity index (χ0v) is 16.6. The van der Waals surface area contributed by atoms with E-state index in [0.29, 0.717) is 0 Å². The van der Waals surface area contributed by atoms with Gasteiger partial charge in [0.15, 0.2) is 0 Å². The summed E-state index contributed by atoms with van der Waals surface area (Å²) in [6.07, 6.45) is 7.28. The second-order valence-electron chi connectivity index (χ2n) is 10.3. The van der Waals surface area contributed by atoms with E-state index in [-0.39, 0.29) is 5.41 Å². The van der Waals surface area contributed by atoms with E-state index in [0.717, 1.165) is 23.7 Å². The van der Waals surface area contributed by atoms with Crippen LogP contribution in [0.2, 0.25) is 0 Å². The third kappa shape index (κ3) is 1.64. The summed E-state index contributed by atoms with van der Waals surface area (Å²) in [5.74, 6) is 3.61. The van der Waals surface area contributed by atoms with Gasteiger partial charge in [0.2, 0.25) is 0 Å². The summed E-state index contributed by atoms with van der Waals surface area (Å²) < 4.78 is 0. The lowest BCUT2D eigenvalue weighted by Gasteiger charge is -2.61.